The van der Waals surface area contributed by atoms with E-state index < -0.39 is 0 Å². The van der Waals surface area contributed by atoms with Crippen molar-refractivity contribution in [1.29, 1.82) is 0 Å². The Labute approximate surface area is 156 Å². The van der Waals surface area contributed by atoms with Gasteiger partial charge in [-0.2, -0.15) is 0 Å². The second kappa shape index (κ2) is 8.70. The molecule has 1 heterocycles. The molecule has 0 spiro atoms. The van der Waals surface area contributed by atoms with Crippen molar-refractivity contribution in [2.24, 2.45) is 0 Å². The lowest BCUT2D eigenvalue weighted by Crippen LogP contribution is -2.43. The van der Waals surface area contributed by atoms with Gasteiger partial charge in [-0.1, -0.05) is 23.8 Å². The molecule has 2 amide bonds. The van der Waals surface area contributed by atoms with Crippen molar-refractivity contribution in [3.8, 4) is 0 Å². The Morgan fingerprint density at radius 2 is 1.96 bits per heavy atom. The van der Waals surface area contributed by atoms with Crippen molar-refractivity contribution in [2.75, 3.05) is 6.54 Å². The van der Waals surface area contributed by atoms with E-state index in [2.05, 4.69) is 54.4 Å². The van der Waals surface area contributed by atoms with E-state index >= 15 is 0 Å². The standard InChI is InChI=1S/C21H30N4O/c1-7-9-25(21(26)23-15(2)3)14-20-22-8-10-24(20)13-19-17(5)11-16(4)12-18(19)6/h7-8,10-12,15H,1,9,13-14H2,2-6H3,(H,23,26). The molecule has 0 fully saturated rings. The van der Waals surface area contributed by atoms with Crippen LogP contribution in [-0.4, -0.2) is 33.1 Å². The molecule has 2 rings (SSSR count). The average Bonchev–Trinajstić information content (AvgIpc) is 2.96. The summed E-state index contributed by atoms with van der Waals surface area (Å²) in [7, 11) is 0. The molecule has 0 bridgehead atoms. The number of benzene rings is 1. The number of urea groups is 1. The van der Waals surface area contributed by atoms with Crippen LogP contribution in [0.4, 0.5) is 4.79 Å². The highest BCUT2D eigenvalue weighted by Gasteiger charge is 2.17. The number of amides is 2. The number of nitrogens with one attached hydrogen (secondary N) is 1. The van der Waals surface area contributed by atoms with Gasteiger partial charge in [0.05, 0.1) is 6.54 Å². The summed E-state index contributed by atoms with van der Waals surface area (Å²) in [6.07, 6.45) is 5.50. The fourth-order valence-corrected chi connectivity index (χ4v) is 3.15. The smallest absolute Gasteiger partial charge is 0.318 e. The van der Waals surface area contributed by atoms with Gasteiger partial charge in [0.2, 0.25) is 0 Å². The van der Waals surface area contributed by atoms with E-state index in [9.17, 15) is 4.79 Å². The Bertz CT molecular complexity index is 753. The minimum atomic E-state index is -0.0999. The largest absolute Gasteiger partial charge is 0.336 e. The molecule has 0 saturated carbocycles. The van der Waals surface area contributed by atoms with Gasteiger partial charge >= 0.3 is 6.03 Å². The van der Waals surface area contributed by atoms with E-state index in [4.69, 9.17) is 0 Å². The number of hydrogen-bond acceptors (Lipinski definition) is 2. The van der Waals surface area contributed by atoms with Gasteiger partial charge in [0.25, 0.3) is 0 Å². The lowest BCUT2D eigenvalue weighted by atomic mass is 10.00. The Kier molecular flexibility index (Phi) is 6.61. The molecule has 0 radical (unpaired) electrons. The van der Waals surface area contributed by atoms with E-state index in [1.807, 2.05) is 20.0 Å². The summed E-state index contributed by atoms with van der Waals surface area (Å²) >= 11 is 0. The van der Waals surface area contributed by atoms with E-state index in [-0.39, 0.29) is 12.1 Å². The summed E-state index contributed by atoms with van der Waals surface area (Å²) in [6.45, 7) is 15.8. The minimum Gasteiger partial charge on any atom is -0.336 e. The summed E-state index contributed by atoms with van der Waals surface area (Å²) in [5.74, 6) is 0.866. The first-order valence-electron chi connectivity index (χ1n) is 9.05. The maximum Gasteiger partial charge on any atom is 0.318 e. The van der Waals surface area contributed by atoms with Crippen LogP contribution in [0.2, 0.25) is 0 Å². The van der Waals surface area contributed by atoms with E-state index in [1.165, 1.54) is 22.3 Å². The predicted molar refractivity (Wildman–Crippen MR) is 106 cm³/mol. The number of imidazole rings is 1. The van der Waals surface area contributed by atoms with Crippen molar-refractivity contribution in [3.63, 3.8) is 0 Å². The van der Waals surface area contributed by atoms with Gasteiger partial charge in [0.1, 0.15) is 5.82 Å². The summed E-state index contributed by atoms with van der Waals surface area (Å²) in [4.78, 5) is 18.6. The quantitative estimate of drug-likeness (QED) is 0.765. The molecule has 0 saturated heterocycles. The highest BCUT2D eigenvalue weighted by molar-refractivity contribution is 5.74. The molecule has 5 heteroatoms. The molecule has 5 nitrogen and oxygen atoms in total. The van der Waals surface area contributed by atoms with E-state index in [0.29, 0.717) is 13.1 Å². The molecule has 0 aliphatic rings. The Morgan fingerprint density at radius 1 is 1.31 bits per heavy atom. The molecule has 0 atom stereocenters. The van der Waals surface area contributed by atoms with Crippen LogP contribution in [0.1, 0.15) is 41.9 Å². The van der Waals surface area contributed by atoms with Crippen LogP contribution in [-0.2, 0) is 13.1 Å². The molecular formula is C21H30N4O. The lowest BCUT2D eigenvalue weighted by Gasteiger charge is -2.23. The van der Waals surface area contributed by atoms with Crippen LogP contribution in [0.3, 0.4) is 0 Å². The van der Waals surface area contributed by atoms with Crippen molar-refractivity contribution in [1.82, 2.24) is 19.8 Å². The van der Waals surface area contributed by atoms with Crippen molar-refractivity contribution in [3.05, 3.63) is 65.3 Å². The Balaban J connectivity index is 2.22. The molecule has 2 aromatic rings. The van der Waals surface area contributed by atoms with Gasteiger partial charge in [-0.05, 0) is 51.3 Å². The number of rotatable bonds is 7. The highest BCUT2D eigenvalue weighted by atomic mass is 16.2. The molecule has 0 unspecified atom stereocenters. The predicted octanol–water partition coefficient (Wildman–Crippen LogP) is 3.96. The molecule has 26 heavy (non-hydrogen) atoms. The first-order chi connectivity index (χ1) is 12.3. The third kappa shape index (κ3) is 4.97. The Morgan fingerprint density at radius 3 is 2.54 bits per heavy atom. The van der Waals surface area contributed by atoms with Gasteiger partial charge in [-0.3, -0.25) is 0 Å². The molecule has 1 aromatic heterocycles. The molecule has 0 aliphatic heterocycles. The van der Waals surface area contributed by atoms with Crippen LogP contribution in [0.25, 0.3) is 0 Å². The second-order valence-corrected chi connectivity index (χ2v) is 7.12. The maximum atomic E-state index is 12.4. The number of carbonyl (C=O) groups excluding carboxylic acids is 1. The van der Waals surface area contributed by atoms with Crippen LogP contribution in [0, 0.1) is 20.8 Å². The van der Waals surface area contributed by atoms with Gasteiger partial charge in [0, 0.05) is 31.5 Å². The molecule has 0 aliphatic carbocycles. The summed E-state index contributed by atoms with van der Waals surface area (Å²) < 4.78 is 2.11. The van der Waals surface area contributed by atoms with Crippen molar-refractivity contribution < 1.29 is 4.79 Å². The highest BCUT2D eigenvalue weighted by Crippen LogP contribution is 2.18. The number of hydrogen-bond donors (Lipinski definition) is 1. The van der Waals surface area contributed by atoms with Crippen LogP contribution < -0.4 is 5.32 Å². The fraction of sp³-hybridized carbons (Fsp3) is 0.429. The lowest BCUT2D eigenvalue weighted by molar-refractivity contribution is 0.196. The molecular weight excluding hydrogens is 324 g/mol. The maximum absolute atomic E-state index is 12.4. The molecule has 1 aromatic carbocycles. The first-order valence-corrected chi connectivity index (χ1v) is 9.05. The molecule has 1 N–H and O–H groups in total. The summed E-state index contributed by atoms with van der Waals surface area (Å²) in [6, 6.07) is 4.41. The molecule has 140 valence electrons. The second-order valence-electron chi connectivity index (χ2n) is 7.12. The van der Waals surface area contributed by atoms with Gasteiger partial charge < -0.3 is 14.8 Å². The van der Waals surface area contributed by atoms with Gasteiger partial charge in [-0.25, -0.2) is 9.78 Å². The normalized spacial score (nSPS) is 10.8. The topological polar surface area (TPSA) is 50.2 Å². The SMILES string of the molecule is C=CCN(Cc1nccn1Cc1c(C)cc(C)cc1C)C(=O)NC(C)C. The zero-order valence-electron chi connectivity index (χ0n) is 16.5. The monoisotopic (exact) mass is 354 g/mol. The van der Waals surface area contributed by atoms with E-state index in [1.54, 1.807) is 17.2 Å². The number of nitrogens with zero attached hydrogens (tertiary/aromatic N) is 3. The van der Waals surface area contributed by atoms with Crippen molar-refractivity contribution in [2.45, 2.75) is 53.8 Å². The van der Waals surface area contributed by atoms with Crippen LogP contribution in [0.5, 0.6) is 0 Å². The van der Waals surface area contributed by atoms with Crippen molar-refractivity contribution >= 4 is 6.03 Å². The number of aromatic nitrogens is 2. The number of aryl methyl sites for hydroxylation is 3. The van der Waals surface area contributed by atoms with Gasteiger partial charge in [0.15, 0.2) is 0 Å². The third-order valence-corrected chi connectivity index (χ3v) is 4.35. The Hall–Kier alpha value is -2.56. The van der Waals surface area contributed by atoms with Gasteiger partial charge in [-0.15, -0.1) is 6.58 Å². The average molecular weight is 354 g/mol. The zero-order valence-corrected chi connectivity index (χ0v) is 16.5. The first kappa shape index (κ1) is 19.8. The van der Waals surface area contributed by atoms with Crippen LogP contribution >= 0.6 is 0 Å². The summed E-state index contributed by atoms with van der Waals surface area (Å²) in [5.41, 5.74) is 5.14. The zero-order chi connectivity index (χ0) is 19.3. The minimum absolute atomic E-state index is 0.0902. The number of carbonyl (C=O) groups is 1. The fourth-order valence-electron chi connectivity index (χ4n) is 3.15. The third-order valence-electron chi connectivity index (χ3n) is 4.35. The van der Waals surface area contributed by atoms with E-state index in [0.717, 1.165) is 12.4 Å². The van der Waals surface area contributed by atoms with Crippen LogP contribution in [0.15, 0.2) is 37.2 Å². The summed E-state index contributed by atoms with van der Waals surface area (Å²) in [5, 5.41) is 2.94.